The van der Waals surface area contributed by atoms with Gasteiger partial charge in [-0.2, -0.15) is 0 Å². The number of hydrogen-bond donors (Lipinski definition) is 1. The van der Waals surface area contributed by atoms with Crippen molar-refractivity contribution >= 4 is 17.5 Å². The number of carbonyl (C=O) groups is 1. The Morgan fingerprint density at radius 2 is 2.10 bits per heavy atom. The number of methoxy groups -OCH3 is 1. The van der Waals surface area contributed by atoms with E-state index < -0.39 is 5.97 Å². The van der Waals surface area contributed by atoms with E-state index in [-0.39, 0.29) is 0 Å². The molecule has 0 saturated carbocycles. The lowest BCUT2D eigenvalue weighted by Crippen LogP contribution is -2.19. The average Bonchev–Trinajstić information content (AvgIpc) is 2.49. The largest absolute Gasteiger partial charge is 0.465 e. The number of rotatable bonds is 4. The summed E-state index contributed by atoms with van der Waals surface area (Å²) in [5.41, 5.74) is 8.83. The first-order valence-electron chi connectivity index (χ1n) is 6.62. The number of aryl methyl sites for hydroxylation is 1. The number of aromatic nitrogens is 1. The number of nitrogens with zero attached hydrogens (tertiary/aromatic N) is 2. The molecule has 110 valence electrons. The van der Waals surface area contributed by atoms with E-state index in [4.69, 9.17) is 10.5 Å². The number of ether oxygens (including phenoxy) is 1. The third kappa shape index (κ3) is 3.31. The summed E-state index contributed by atoms with van der Waals surface area (Å²) < 4.78 is 4.72. The Bertz CT molecular complexity index is 656. The zero-order valence-corrected chi connectivity index (χ0v) is 12.5. The number of nitrogens with two attached hydrogens (primary N) is 1. The summed E-state index contributed by atoms with van der Waals surface area (Å²) >= 11 is 0. The maximum atomic E-state index is 11.7. The van der Waals surface area contributed by atoms with Crippen molar-refractivity contribution in [3.63, 3.8) is 0 Å². The summed E-state index contributed by atoms with van der Waals surface area (Å²) in [6.45, 7) is 2.77. The molecular weight excluding hydrogens is 266 g/mol. The monoisotopic (exact) mass is 285 g/mol. The van der Waals surface area contributed by atoms with Gasteiger partial charge in [-0.15, -0.1) is 0 Å². The van der Waals surface area contributed by atoms with Gasteiger partial charge >= 0.3 is 5.97 Å². The van der Waals surface area contributed by atoms with Gasteiger partial charge in [0.05, 0.1) is 24.6 Å². The highest BCUT2D eigenvalue weighted by molar-refractivity contribution is 5.95. The number of benzene rings is 1. The van der Waals surface area contributed by atoms with Gasteiger partial charge < -0.3 is 15.4 Å². The van der Waals surface area contributed by atoms with E-state index in [0.29, 0.717) is 23.6 Å². The standard InChI is InChI=1S/C16H19N3O2/c1-11-6-4-5-7-12(11)10-19(2)15-8-13(16(20)21-3)14(17)9-18-15/h4-9H,10,17H2,1-3H3. The molecule has 5 heteroatoms. The Morgan fingerprint density at radius 3 is 2.76 bits per heavy atom. The van der Waals surface area contributed by atoms with Crippen LogP contribution in [0.15, 0.2) is 36.5 Å². The van der Waals surface area contributed by atoms with Crippen LogP contribution in [0.3, 0.4) is 0 Å². The van der Waals surface area contributed by atoms with Gasteiger partial charge in [-0.05, 0) is 24.1 Å². The molecule has 0 radical (unpaired) electrons. The Morgan fingerprint density at radius 1 is 1.38 bits per heavy atom. The molecule has 0 aliphatic heterocycles. The van der Waals surface area contributed by atoms with Crippen molar-refractivity contribution in [2.75, 3.05) is 24.8 Å². The molecule has 2 N–H and O–H groups in total. The molecule has 5 nitrogen and oxygen atoms in total. The maximum absolute atomic E-state index is 11.7. The minimum absolute atomic E-state index is 0.315. The molecule has 0 saturated heterocycles. The molecule has 0 fully saturated rings. The second-order valence-electron chi connectivity index (χ2n) is 4.90. The fourth-order valence-corrected chi connectivity index (χ4v) is 2.07. The molecule has 0 amide bonds. The molecular formula is C16H19N3O2. The Kier molecular flexibility index (Phi) is 4.42. The van der Waals surface area contributed by atoms with Crippen LogP contribution < -0.4 is 10.6 Å². The molecule has 0 aliphatic rings. The van der Waals surface area contributed by atoms with Gasteiger partial charge in [0.15, 0.2) is 0 Å². The second kappa shape index (κ2) is 6.26. The Labute approximate surface area is 124 Å². The highest BCUT2D eigenvalue weighted by atomic mass is 16.5. The van der Waals surface area contributed by atoms with E-state index in [0.717, 1.165) is 0 Å². The van der Waals surface area contributed by atoms with Crippen molar-refractivity contribution in [1.29, 1.82) is 0 Å². The Hall–Kier alpha value is -2.56. The van der Waals surface area contributed by atoms with Crippen LogP contribution in [0.2, 0.25) is 0 Å². The van der Waals surface area contributed by atoms with Crippen molar-refractivity contribution in [1.82, 2.24) is 4.98 Å². The highest BCUT2D eigenvalue weighted by Crippen LogP contribution is 2.20. The normalized spacial score (nSPS) is 10.2. The van der Waals surface area contributed by atoms with Gasteiger partial charge in [0, 0.05) is 13.6 Å². The van der Waals surface area contributed by atoms with Crippen molar-refractivity contribution in [2.45, 2.75) is 13.5 Å². The van der Waals surface area contributed by atoms with E-state index >= 15 is 0 Å². The Balaban J connectivity index is 2.25. The first kappa shape index (κ1) is 14.8. The van der Waals surface area contributed by atoms with E-state index in [1.54, 1.807) is 6.07 Å². The first-order valence-corrected chi connectivity index (χ1v) is 6.62. The number of nitrogen functional groups attached to an aromatic ring is 1. The molecule has 2 rings (SSSR count). The first-order chi connectivity index (χ1) is 10.0. The van der Waals surface area contributed by atoms with Crippen molar-refractivity contribution < 1.29 is 9.53 Å². The highest BCUT2D eigenvalue weighted by Gasteiger charge is 2.14. The molecule has 2 aromatic rings. The van der Waals surface area contributed by atoms with E-state index in [9.17, 15) is 4.79 Å². The zero-order valence-electron chi connectivity index (χ0n) is 12.5. The minimum Gasteiger partial charge on any atom is -0.465 e. The smallest absolute Gasteiger partial charge is 0.340 e. The van der Waals surface area contributed by atoms with Crippen LogP contribution in [0.25, 0.3) is 0 Å². The molecule has 1 heterocycles. The van der Waals surface area contributed by atoms with Crippen LogP contribution in [-0.2, 0) is 11.3 Å². The summed E-state index contributed by atoms with van der Waals surface area (Å²) in [6.07, 6.45) is 1.48. The molecule has 0 unspecified atom stereocenters. The van der Waals surface area contributed by atoms with Gasteiger partial charge in [-0.1, -0.05) is 24.3 Å². The second-order valence-corrected chi connectivity index (χ2v) is 4.90. The van der Waals surface area contributed by atoms with Crippen LogP contribution in [0.1, 0.15) is 21.5 Å². The van der Waals surface area contributed by atoms with Crippen LogP contribution >= 0.6 is 0 Å². The molecule has 0 spiro atoms. The molecule has 0 bridgehead atoms. The topological polar surface area (TPSA) is 68.5 Å². The molecule has 0 atom stereocenters. The van der Waals surface area contributed by atoms with Gasteiger partial charge in [-0.25, -0.2) is 9.78 Å². The summed E-state index contributed by atoms with van der Waals surface area (Å²) in [5.74, 6) is 0.216. The van der Waals surface area contributed by atoms with E-state index in [1.807, 2.05) is 24.1 Å². The molecule has 21 heavy (non-hydrogen) atoms. The number of hydrogen-bond acceptors (Lipinski definition) is 5. The van der Waals surface area contributed by atoms with Gasteiger partial charge in [-0.3, -0.25) is 0 Å². The predicted octanol–water partition coefficient (Wildman–Crippen LogP) is 2.40. The quantitative estimate of drug-likeness (QED) is 0.874. The van der Waals surface area contributed by atoms with Crippen LogP contribution in [0, 0.1) is 6.92 Å². The number of pyridine rings is 1. The summed E-state index contributed by atoms with van der Waals surface area (Å²) in [5, 5.41) is 0. The van der Waals surface area contributed by atoms with Crippen LogP contribution in [0.4, 0.5) is 11.5 Å². The lowest BCUT2D eigenvalue weighted by atomic mass is 10.1. The van der Waals surface area contributed by atoms with Crippen LogP contribution in [-0.4, -0.2) is 25.1 Å². The number of esters is 1. The maximum Gasteiger partial charge on any atom is 0.340 e. The molecule has 1 aromatic heterocycles. The minimum atomic E-state index is -0.458. The lowest BCUT2D eigenvalue weighted by molar-refractivity contribution is 0.0602. The average molecular weight is 285 g/mol. The fourth-order valence-electron chi connectivity index (χ4n) is 2.07. The van der Waals surface area contributed by atoms with Gasteiger partial charge in [0.2, 0.25) is 0 Å². The van der Waals surface area contributed by atoms with Crippen LogP contribution in [0.5, 0.6) is 0 Å². The lowest BCUT2D eigenvalue weighted by Gasteiger charge is -2.20. The number of anilines is 2. The van der Waals surface area contributed by atoms with E-state index in [1.165, 1.54) is 24.4 Å². The summed E-state index contributed by atoms with van der Waals surface area (Å²) in [6, 6.07) is 9.81. The predicted molar refractivity (Wildman–Crippen MR) is 83.3 cm³/mol. The molecule has 0 aliphatic carbocycles. The van der Waals surface area contributed by atoms with Crippen molar-refractivity contribution in [2.24, 2.45) is 0 Å². The van der Waals surface area contributed by atoms with Gasteiger partial charge in [0.1, 0.15) is 5.82 Å². The zero-order chi connectivity index (χ0) is 15.4. The molecule has 1 aromatic carbocycles. The summed E-state index contributed by atoms with van der Waals surface area (Å²) in [4.78, 5) is 17.9. The van der Waals surface area contributed by atoms with Crippen molar-refractivity contribution in [3.05, 3.63) is 53.2 Å². The van der Waals surface area contributed by atoms with Gasteiger partial charge in [0.25, 0.3) is 0 Å². The summed E-state index contributed by atoms with van der Waals surface area (Å²) in [7, 11) is 3.25. The third-order valence-electron chi connectivity index (χ3n) is 3.39. The fraction of sp³-hybridized carbons (Fsp3) is 0.250. The van der Waals surface area contributed by atoms with E-state index in [2.05, 4.69) is 24.0 Å². The number of carbonyl (C=O) groups excluding carboxylic acids is 1. The SMILES string of the molecule is COC(=O)c1cc(N(C)Cc2ccccc2C)ncc1N. The third-order valence-corrected chi connectivity index (χ3v) is 3.39. The van der Waals surface area contributed by atoms with Crippen molar-refractivity contribution in [3.8, 4) is 0 Å².